The van der Waals surface area contributed by atoms with Gasteiger partial charge in [0.15, 0.2) is 0 Å². The minimum absolute atomic E-state index is 0.0414. The van der Waals surface area contributed by atoms with Crippen LogP contribution >= 0.6 is 11.8 Å². The van der Waals surface area contributed by atoms with E-state index in [1.54, 1.807) is 11.4 Å². The molecule has 1 aromatic carbocycles. The monoisotopic (exact) mass is 463 g/mol. The quantitative estimate of drug-likeness (QED) is 0.248. The maximum Gasteiger partial charge on any atom is 0.490 e. The molecule has 0 bridgehead atoms. The predicted octanol–water partition coefficient (Wildman–Crippen LogP) is 3.51. The van der Waals surface area contributed by atoms with Crippen LogP contribution in [-0.2, 0) is 20.7 Å². The zero-order valence-electron chi connectivity index (χ0n) is 15.9. The molecule has 0 saturated carbocycles. The van der Waals surface area contributed by atoms with Gasteiger partial charge in [0, 0.05) is 12.3 Å². The van der Waals surface area contributed by atoms with Crippen molar-refractivity contribution in [1.82, 2.24) is 5.32 Å². The average Bonchev–Trinajstić information content (AvgIpc) is 2.66. The first kappa shape index (κ1) is 25.7. The van der Waals surface area contributed by atoms with Gasteiger partial charge in [-0.05, 0) is 30.5 Å². The van der Waals surface area contributed by atoms with Gasteiger partial charge in [0.1, 0.15) is 11.5 Å². The van der Waals surface area contributed by atoms with E-state index in [-0.39, 0.29) is 19.4 Å². The van der Waals surface area contributed by atoms with Crippen LogP contribution in [0.15, 0.2) is 17.0 Å². The lowest BCUT2D eigenvalue weighted by Gasteiger charge is -2.15. The summed E-state index contributed by atoms with van der Waals surface area (Å²) in [6.07, 6.45) is -9.83. The number of benzene rings is 1. The molecule has 0 aromatic heterocycles. The van der Waals surface area contributed by atoms with Crippen LogP contribution in [0.3, 0.4) is 0 Å². The molecule has 0 atom stereocenters. The van der Waals surface area contributed by atoms with Crippen molar-refractivity contribution in [2.45, 2.75) is 30.1 Å². The molecule has 0 aliphatic rings. The van der Waals surface area contributed by atoms with Crippen molar-refractivity contribution in [3.63, 3.8) is 0 Å². The van der Waals surface area contributed by atoms with Crippen molar-refractivity contribution < 1.29 is 50.1 Å². The van der Waals surface area contributed by atoms with Gasteiger partial charge >= 0.3 is 24.2 Å². The van der Waals surface area contributed by atoms with Crippen molar-refractivity contribution in [1.29, 1.82) is 0 Å². The van der Waals surface area contributed by atoms with Crippen molar-refractivity contribution >= 4 is 23.6 Å². The van der Waals surface area contributed by atoms with Crippen LogP contribution in [0.5, 0.6) is 11.5 Å². The number of esters is 1. The van der Waals surface area contributed by atoms with Crippen LogP contribution < -0.4 is 14.8 Å². The maximum atomic E-state index is 12.2. The normalized spacial score (nSPS) is 11.7. The standard InChI is InChI=1S/C17H19F6NO5S/c1-27-11-9-13(30-7-3-6-29-15(26)17(21,22)23)12(28-2)8-10(11)4-5-24-14(25)16(18,19)20/h8-9H,3-7H2,1-2H3,(H,24,25). The first-order chi connectivity index (χ1) is 13.9. The molecular weight excluding hydrogens is 444 g/mol. The molecule has 1 amide bonds. The number of ether oxygens (including phenoxy) is 3. The zero-order valence-corrected chi connectivity index (χ0v) is 16.7. The first-order valence-corrected chi connectivity index (χ1v) is 9.35. The topological polar surface area (TPSA) is 73.9 Å². The minimum atomic E-state index is -5.04. The van der Waals surface area contributed by atoms with Gasteiger partial charge in [0.05, 0.1) is 25.7 Å². The summed E-state index contributed by atoms with van der Waals surface area (Å²) in [7, 11) is 2.72. The van der Waals surface area contributed by atoms with Gasteiger partial charge in [0.25, 0.3) is 0 Å². The zero-order chi connectivity index (χ0) is 22.9. The number of halogens is 6. The van der Waals surface area contributed by atoms with E-state index in [4.69, 9.17) is 9.47 Å². The number of rotatable bonds is 10. The Balaban J connectivity index is 2.67. The molecule has 0 spiro atoms. The van der Waals surface area contributed by atoms with Crippen LogP contribution in [0.4, 0.5) is 26.3 Å². The molecule has 1 rings (SSSR count). The van der Waals surface area contributed by atoms with Gasteiger partial charge in [-0.3, -0.25) is 4.79 Å². The van der Waals surface area contributed by atoms with Crippen molar-refractivity contribution in [2.75, 3.05) is 33.1 Å². The summed E-state index contributed by atoms with van der Waals surface area (Å²) in [5.41, 5.74) is 0.486. The van der Waals surface area contributed by atoms with Crippen LogP contribution in [0.2, 0.25) is 0 Å². The Morgan fingerprint density at radius 2 is 1.63 bits per heavy atom. The molecule has 13 heteroatoms. The van der Waals surface area contributed by atoms with Gasteiger partial charge in [-0.1, -0.05) is 0 Å². The molecule has 0 radical (unpaired) electrons. The number of amides is 1. The third-order valence-electron chi connectivity index (χ3n) is 3.51. The van der Waals surface area contributed by atoms with E-state index in [2.05, 4.69) is 4.74 Å². The highest BCUT2D eigenvalue weighted by Crippen LogP contribution is 2.36. The van der Waals surface area contributed by atoms with E-state index in [1.165, 1.54) is 32.0 Å². The number of hydrogen-bond donors (Lipinski definition) is 1. The van der Waals surface area contributed by atoms with Gasteiger partial charge in [0.2, 0.25) is 0 Å². The van der Waals surface area contributed by atoms with Crippen LogP contribution in [-0.4, -0.2) is 57.4 Å². The molecule has 0 aliphatic carbocycles. The second-order valence-corrected chi connectivity index (χ2v) is 6.79. The highest BCUT2D eigenvalue weighted by atomic mass is 32.2. The van der Waals surface area contributed by atoms with Gasteiger partial charge < -0.3 is 19.5 Å². The fourth-order valence-electron chi connectivity index (χ4n) is 2.14. The Morgan fingerprint density at radius 3 is 2.17 bits per heavy atom. The lowest BCUT2D eigenvalue weighted by molar-refractivity contribution is -0.199. The molecule has 1 N–H and O–H groups in total. The van der Waals surface area contributed by atoms with E-state index in [1.807, 2.05) is 0 Å². The highest BCUT2D eigenvalue weighted by Gasteiger charge is 2.40. The Labute approximate surface area is 172 Å². The number of carbonyl (C=O) groups excluding carboxylic acids is 2. The number of hydrogen-bond acceptors (Lipinski definition) is 6. The first-order valence-electron chi connectivity index (χ1n) is 8.36. The molecule has 0 unspecified atom stereocenters. The van der Waals surface area contributed by atoms with Gasteiger partial charge in [-0.15, -0.1) is 11.8 Å². The summed E-state index contributed by atoms with van der Waals surface area (Å²) >= 11 is 1.21. The number of methoxy groups -OCH3 is 2. The number of alkyl halides is 6. The van der Waals surface area contributed by atoms with Crippen LogP contribution in [0.1, 0.15) is 12.0 Å². The average molecular weight is 463 g/mol. The number of carbonyl (C=O) groups is 2. The third-order valence-corrected chi connectivity index (χ3v) is 4.64. The Bertz CT molecular complexity index is 739. The second kappa shape index (κ2) is 11.2. The second-order valence-electron chi connectivity index (χ2n) is 5.65. The largest absolute Gasteiger partial charge is 0.496 e. The van der Waals surface area contributed by atoms with E-state index in [0.29, 0.717) is 27.7 Å². The Hall–Kier alpha value is -2.31. The summed E-state index contributed by atoms with van der Waals surface area (Å²) in [6, 6.07) is 3.09. The lowest BCUT2D eigenvalue weighted by Crippen LogP contribution is -2.37. The third kappa shape index (κ3) is 8.20. The summed E-state index contributed by atoms with van der Waals surface area (Å²) in [5, 5.41) is 1.76. The minimum Gasteiger partial charge on any atom is -0.496 e. The fraction of sp³-hybridized carbons (Fsp3) is 0.529. The van der Waals surface area contributed by atoms with Crippen molar-refractivity contribution in [3.8, 4) is 11.5 Å². The summed E-state index contributed by atoms with van der Waals surface area (Å²) in [4.78, 5) is 22.1. The van der Waals surface area contributed by atoms with Crippen molar-refractivity contribution in [2.24, 2.45) is 0 Å². The Morgan fingerprint density at radius 1 is 1.00 bits per heavy atom. The molecular formula is C17H19F6NO5S. The highest BCUT2D eigenvalue weighted by molar-refractivity contribution is 7.99. The maximum absolute atomic E-state index is 12.2. The van der Waals surface area contributed by atoms with Gasteiger partial charge in [-0.25, -0.2) is 4.79 Å². The molecule has 170 valence electrons. The SMILES string of the molecule is COc1cc(SCCCOC(=O)C(F)(F)F)c(OC)cc1CCNC(=O)C(F)(F)F. The predicted molar refractivity (Wildman–Crippen MR) is 94.7 cm³/mol. The molecule has 0 heterocycles. The lowest BCUT2D eigenvalue weighted by atomic mass is 10.1. The van der Waals surface area contributed by atoms with E-state index in [0.717, 1.165) is 0 Å². The summed E-state index contributed by atoms with van der Waals surface area (Å²) in [5.74, 6) is -3.31. The van der Waals surface area contributed by atoms with Gasteiger partial charge in [-0.2, -0.15) is 26.3 Å². The molecule has 30 heavy (non-hydrogen) atoms. The number of nitrogens with one attached hydrogen (secondary N) is 1. The molecule has 6 nitrogen and oxygen atoms in total. The molecule has 0 saturated heterocycles. The van der Waals surface area contributed by atoms with Crippen LogP contribution in [0.25, 0.3) is 0 Å². The van der Waals surface area contributed by atoms with E-state index in [9.17, 15) is 35.9 Å². The summed E-state index contributed by atoms with van der Waals surface area (Å²) < 4.78 is 87.4. The smallest absolute Gasteiger partial charge is 0.490 e. The Kier molecular flexibility index (Phi) is 9.59. The molecule has 0 fully saturated rings. The summed E-state index contributed by atoms with van der Waals surface area (Å²) in [6.45, 7) is -0.698. The fourth-order valence-corrected chi connectivity index (χ4v) is 3.10. The molecule has 1 aromatic rings. The van der Waals surface area contributed by atoms with E-state index < -0.39 is 30.8 Å². The van der Waals surface area contributed by atoms with Crippen LogP contribution in [0, 0.1) is 0 Å². The molecule has 0 aliphatic heterocycles. The van der Waals surface area contributed by atoms with Crippen molar-refractivity contribution in [3.05, 3.63) is 17.7 Å². The van der Waals surface area contributed by atoms with E-state index >= 15 is 0 Å². The number of thioether (sulfide) groups is 1.